The maximum atomic E-state index is 12.4. The number of nitrogens with two attached hydrogens (primary N) is 2. The summed E-state index contributed by atoms with van der Waals surface area (Å²) in [6, 6.07) is 6.99. The minimum atomic E-state index is -0.694. The average molecular weight is 491 g/mol. The fraction of sp³-hybridized carbons (Fsp3) is 0.308. The smallest absolute Gasteiger partial charge is 0.278 e. The van der Waals surface area contributed by atoms with Crippen molar-refractivity contribution in [1.29, 1.82) is 0 Å². The van der Waals surface area contributed by atoms with Gasteiger partial charge in [-0.05, 0) is 68.7 Å². The number of nitrogens with one attached hydrogen (secondary N) is 1. The molecule has 2 aromatic carbocycles. The fourth-order valence-electron chi connectivity index (χ4n) is 4.20. The van der Waals surface area contributed by atoms with Gasteiger partial charge in [-0.25, -0.2) is 9.97 Å². The van der Waals surface area contributed by atoms with Crippen molar-refractivity contribution in [2.24, 2.45) is 5.16 Å². The van der Waals surface area contributed by atoms with Crippen LogP contribution in [0.4, 0.5) is 17.2 Å². The van der Waals surface area contributed by atoms with Crippen molar-refractivity contribution >= 4 is 28.8 Å². The lowest BCUT2D eigenvalue weighted by atomic mass is 9.85. The van der Waals surface area contributed by atoms with Crippen molar-refractivity contribution in [1.82, 2.24) is 9.97 Å². The molecule has 4 rings (SSSR count). The molecule has 0 saturated carbocycles. The Morgan fingerprint density at radius 3 is 2.47 bits per heavy atom. The van der Waals surface area contributed by atoms with Crippen LogP contribution in [0.25, 0.3) is 0 Å². The summed E-state index contributed by atoms with van der Waals surface area (Å²) in [5.74, 6) is 0.988. The third kappa shape index (κ3) is 4.74. The number of rotatable bonds is 6. The van der Waals surface area contributed by atoms with Crippen molar-refractivity contribution in [2.75, 3.05) is 30.5 Å². The van der Waals surface area contributed by atoms with Gasteiger partial charge in [0, 0.05) is 35.8 Å². The van der Waals surface area contributed by atoms with Gasteiger partial charge < -0.3 is 31.1 Å². The monoisotopic (exact) mass is 490 g/mol. The number of benzene rings is 2. The first-order valence-corrected chi connectivity index (χ1v) is 11.4. The summed E-state index contributed by atoms with van der Waals surface area (Å²) in [7, 11) is 1.52. The van der Waals surface area contributed by atoms with Gasteiger partial charge in [-0.1, -0.05) is 5.16 Å². The topological polar surface area (TPSA) is 147 Å². The number of nitrogen functional groups attached to an aromatic ring is 2. The molecular weight excluding hydrogens is 460 g/mol. The van der Waals surface area contributed by atoms with Gasteiger partial charge in [-0.2, -0.15) is 0 Å². The van der Waals surface area contributed by atoms with E-state index in [1.807, 2.05) is 27.7 Å². The number of fused-ring (bicyclic) bond motifs is 1. The largest absolute Gasteiger partial charge is 0.489 e. The van der Waals surface area contributed by atoms with E-state index in [1.54, 1.807) is 24.3 Å². The van der Waals surface area contributed by atoms with Crippen LogP contribution in [0.2, 0.25) is 0 Å². The third-order valence-electron chi connectivity index (χ3n) is 6.29. The zero-order valence-electron chi connectivity index (χ0n) is 21.0. The van der Waals surface area contributed by atoms with E-state index >= 15 is 0 Å². The second-order valence-electron chi connectivity index (χ2n) is 9.00. The summed E-state index contributed by atoms with van der Waals surface area (Å²) in [6.07, 6.45) is 3.32. The minimum Gasteiger partial charge on any atom is -0.489 e. The predicted octanol–water partition coefficient (Wildman–Crippen LogP) is 3.79. The van der Waals surface area contributed by atoms with Gasteiger partial charge in [0.2, 0.25) is 0 Å². The van der Waals surface area contributed by atoms with Gasteiger partial charge in [0.25, 0.3) is 5.91 Å². The van der Waals surface area contributed by atoms with Crippen LogP contribution in [0.5, 0.6) is 11.5 Å². The normalized spacial score (nSPS) is 17.8. The zero-order chi connectivity index (χ0) is 26.0. The first kappa shape index (κ1) is 24.8. The zero-order valence-corrected chi connectivity index (χ0v) is 21.0. The number of aromatic nitrogens is 2. The second-order valence-corrected chi connectivity index (χ2v) is 9.00. The van der Waals surface area contributed by atoms with Crippen LogP contribution in [0.1, 0.15) is 46.1 Å². The number of carbonyl (C=O) groups is 1. The maximum Gasteiger partial charge on any atom is 0.278 e. The molecule has 1 aromatic heterocycles. The van der Waals surface area contributed by atoms with Crippen LogP contribution < -0.4 is 26.3 Å². The molecule has 1 atom stereocenters. The van der Waals surface area contributed by atoms with Gasteiger partial charge in [0.1, 0.15) is 30.8 Å². The molecule has 0 aliphatic carbocycles. The molecule has 1 unspecified atom stereocenters. The molecule has 0 saturated heterocycles. The third-order valence-corrected chi connectivity index (χ3v) is 6.29. The molecule has 10 nitrogen and oxygen atoms in total. The van der Waals surface area contributed by atoms with Crippen LogP contribution in [0.15, 0.2) is 41.8 Å². The molecule has 36 heavy (non-hydrogen) atoms. The number of anilines is 3. The van der Waals surface area contributed by atoms with E-state index in [2.05, 4.69) is 20.4 Å². The Morgan fingerprint density at radius 2 is 1.81 bits per heavy atom. The van der Waals surface area contributed by atoms with E-state index in [0.29, 0.717) is 17.9 Å². The van der Waals surface area contributed by atoms with Crippen LogP contribution in [-0.2, 0) is 4.84 Å². The lowest BCUT2D eigenvalue weighted by molar-refractivity contribution is 0.0353. The number of hydrogen-bond donors (Lipinski definition) is 3. The summed E-state index contributed by atoms with van der Waals surface area (Å²) in [5.41, 5.74) is 17.2. The molecule has 0 bridgehead atoms. The molecule has 0 fully saturated rings. The Balaban J connectivity index is 1.49. The molecule has 1 aliphatic rings. The number of hydrogen-bond acceptors (Lipinski definition) is 9. The van der Waals surface area contributed by atoms with Crippen molar-refractivity contribution in [2.45, 2.75) is 39.7 Å². The summed E-state index contributed by atoms with van der Waals surface area (Å²) in [5, 5.41) is 7.04. The molecule has 0 spiro atoms. The van der Waals surface area contributed by atoms with Gasteiger partial charge in [0.15, 0.2) is 11.5 Å². The molecule has 5 N–H and O–H groups in total. The summed E-state index contributed by atoms with van der Waals surface area (Å²) in [4.78, 5) is 25.4. The summed E-state index contributed by atoms with van der Waals surface area (Å²) in [6.45, 7) is 8.17. The first-order chi connectivity index (χ1) is 17.1. The molecular formula is C26H30N6O4. The fourth-order valence-corrected chi connectivity index (χ4v) is 4.20. The Labute approximate surface area is 209 Å². The van der Waals surface area contributed by atoms with Crippen LogP contribution in [0, 0.1) is 20.8 Å². The highest BCUT2D eigenvalue weighted by Crippen LogP contribution is 2.42. The number of amides is 1. The van der Waals surface area contributed by atoms with Crippen molar-refractivity contribution in [3.63, 3.8) is 0 Å². The first-order valence-electron chi connectivity index (χ1n) is 11.4. The van der Waals surface area contributed by atoms with E-state index in [-0.39, 0.29) is 18.1 Å². The summed E-state index contributed by atoms with van der Waals surface area (Å²) >= 11 is 0. The lowest BCUT2D eigenvalue weighted by Crippen LogP contribution is -2.45. The van der Waals surface area contributed by atoms with E-state index in [0.717, 1.165) is 39.4 Å². The van der Waals surface area contributed by atoms with Crippen molar-refractivity contribution in [3.8, 4) is 11.5 Å². The van der Waals surface area contributed by atoms with Gasteiger partial charge >= 0.3 is 0 Å². The number of ether oxygens (including phenoxy) is 2. The molecule has 10 heteroatoms. The Bertz CT molecular complexity index is 1340. The van der Waals surface area contributed by atoms with Crippen molar-refractivity contribution in [3.05, 3.63) is 64.6 Å². The highest BCUT2D eigenvalue weighted by Gasteiger charge is 2.39. The van der Waals surface area contributed by atoms with E-state index in [9.17, 15) is 4.79 Å². The average Bonchev–Trinajstić information content (AvgIpc) is 2.86. The SMILES string of the molecule is CON=C1CC(C)(COc2ccc(NC(=O)c3nccnc3N)cc2)Oc2c(C)c(C)c(N)c(C)c21. The number of nitrogens with zero attached hydrogens (tertiary/aromatic N) is 3. The Morgan fingerprint density at radius 1 is 1.11 bits per heavy atom. The molecule has 0 radical (unpaired) electrons. The summed E-state index contributed by atoms with van der Waals surface area (Å²) < 4.78 is 12.6. The van der Waals surface area contributed by atoms with Gasteiger partial charge in [-0.15, -0.1) is 0 Å². The molecule has 1 amide bonds. The highest BCUT2D eigenvalue weighted by atomic mass is 16.6. The van der Waals surface area contributed by atoms with Crippen LogP contribution in [0.3, 0.4) is 0 Å². The maximum absolute atomic E-state index is 12.4. The predicted molar refractivity (Wildman–Crippen MR) is 139 cm³/mol. The molecule has 1 aliphatic heterocycles. The highest BCUT2D eigenvalue weighted by molar-refractivity contribution is 6.07. The Kier molecular flexibility index (Phi) is 6.69. The second kappa shape index (κ2) is 9.73. The standard InChI is InChI=1S/C26H30N6O4/c1-14-15(2)23-20(16(3)21(14)27)19(32-34-5)12-26(4,36-23)13-35-18-8-6-17(7-9-18)31-25(33)22-24(28)30-11-10-29-22/h6-11H,12-13,27H2,1-5H3,(H2,28,30)(H,31,33). The van der Waals surface area contributed by atoms with Crippen LogP contribution in [-0.4, -0.2) is 40.9 Å². The van der Waals surface area contributed by atoms with Gasteiger partial charge in [0.05, 0.1) is 5.71 Å². The molecule has 2 heterocycles. The number of oxime groups is 1. The van der Waals surface area contributed by atoms with E-state index in [4.69, 9.17) is 25.8 Å². The minimum absolute atomic E-state index is 0.0662. The van der Waals surface area contributed by atoms with Crippen molar-refractivity contribution < 1.29 is 19.1 Å². The Hall–Kier alpha value is -4.34. The quantitative estimate of drug-likeness (QED) is 0.349. The number of carbonyl (C=O) groups excluding carboxylic acids is 1. The van der Waals surface area contributed by atoms with E-state index in [1.165, 1.54) is 19.5 Å². The van der Waals surface area contributed by atoms with E-state index < -0.39 is 11.5 Å². The van der Waals surface area contributed by atoms with Gasteiger partial charge in [-0.3, -0.25) is 4.79 Å². The molecule has 188 valence electrons. The van der Waals surface area contributed by atoms with Crippen LogP contribution >= 0.6 is 0 Å². The lowest BCUT2D eigenvalue weighted by Gasteiger charge is -2.38. The molecule has 3 aromatic rings.